The van der Waals surface area contributed by atoms with E-state index in [1.54, 1.807) is 0 Å². The van der Waals surface area contributed by atoms with Crippen molar-refractivity contribution in [2.24, 2.45) is 0 Å². The maximum absolute atomic E-state index is 2.12. The first kappa shape index (κ1) is 15.6. The molecule has 0 saturated heterocycles. The van der Waals surface area contributed by atoms with E-state index >= 15 is 0 Å². The van der Waals surface area contributed by atoms with Crippen LogP contribution in [0.15, 0.2) is 0 Å². The number of hydrogen-bond donors (Lipinski definition) is 0. The predicted octanol–water partition coefficient (Wildman–Crippen LogP) is 0.143. The topological polar surface area (TPSA) is 30.0 Å². The van der Waals surface area contributed by atoms with Gasteiger partial charge in [0.05, 0.1) is 28.2 Å². The number of hydrogen-bond acceptors (Lipinski definition) is 1. The fourth-order valence-electron chi connectivity index (χ4n) is 0. The average molecular weight is 157 g/mol. The van der Waals surface area contributed by atoms with Crippen LogP contribution in [0.1, 0.15) is 0 Å². The van der Waals surface area contributed by atoms with Crippen LogP contribution in [-0.2, 0) is 19.5 Å². The van der Waals surface area contributed by atoms with Crippen LogP contribution < -0.4 is 0 Å². The van der Waals surface area contributed by atoms with Crippen LogP contribution in [0.3, 0.4) is 0 Å². The molecule has 0 unspecified atom stereocenters. The molecule has 0 saturated carbocycles. The number of quaternary nitrogens is 1. The summed E-state index contributed by atoms with van der Waals surface area (Å²) in [6.07, 6.45) is 0. The first-order valence-electron chi connectivity index (χ1n) is 1.79. The van der Waals surface area contributed by atoms with E-state index < -0.39 is 0 Å². The Balaban J connectivity index is -0.0000000800. The molecule has 3 heteroatoms. The SMILES string of the molecule is C[N+](C)(C)C.[OH-].[Zn]. The van der Waals surface area contributed by atoms with Crippen LogP contribution >= 0.6 is 0 Å². The molecular formula is C4H13NOZn. The summed E-state index contributed by atoms with van der Waals surface area (Å²) in [5.74, 6) is 0. The second kappa shape index (κ2) is 4.70. The Morgan fingerprint density at radius 3 is 0.857 bits per heavy atom. The molecule has 0 aliphatic heterocycles. The van der Waals surface area contributed by atoms with Crippen LogP contribution in [0.4, 0.5) is 0 Å². The van der Waals surface area contributed by atoms with Crippen LogP contribution in [0, 0.1) is 0 Å². The zero-order chi connectivity index (χ0) is 4.50. The van der Waals surface area contributed by atoms with Crippen molar-refractivity contribution in [3.8, 4) is 0 Å². The Kier molecular flexibility index (Phi) is 10.5. The van der Waals surface area contributed by atoms with Gasteiger partial charge in [0.15, 0.2) is 0 Å². The molecule has 2 nitrogen and oxygen atoms in total. The maximum Gasteiger partial charge on any atom is 0.0675 e. The summed E-state index contributed by atoms with van der Waals surface area (Å²) in [6, 6.07) is 0. The van der Waals surface area contributed by atoms with Crippen LogP contribution in [0.5, 0.6) is 0 Å². The Hall–Kier alpha value is 0.543. The van der Waals surface area contributed by atoms with Gasteiger partial charge in [-0.2, -0.15) is 0 Å². The van der Waals surface area contributed by atoms with E-state index in [9.17, 15) is 0 Å². The van der Waals surface area contributed by atoms with Gasteiger partial charge >= 0.3 is 0 Å². The van der Waals surface area contributed by atoms with E-state index in [1.807, 2.05) is 0 Å². The quantitative estimate of drug-likeness (QED) is 0.363. The van der Waals surface area contributed by atoms with Crippen molar-refractivity contribution in [3.05, 3.63) is 0 Å². The second-order valence-corrected chi connectivity index (χ2v) is 2.68. The first-order chi connectivity index (χ1) is 2.00. The molecule has 0 bridgehead atoms. The van der Waals surface area contributed by atoms with Gasteiger partial charge in [0.25, 0.3) is 0 Å². The summed E-state index contributed by atoms with van der Waals surface area (Å²) in [6.45, 7) is 0. The first-order valence-corrected chi connectivity index (χ1v) is 1.79. The summed E-state index contributed by atoms with van der Waals surface area (Å²) in [4.78, 5) is 0. The molecular weight excluding hydrogens is 143 g/mol. The second-order valence-electron chi connectivity index (χ2n) is 2.68. The summed E-state index contributed by atoms with van der Waals surface area (Å²) in [5, 5.41) is 0. The van der Waals surface area contributed by atoms with Crippen molar-refractivity contribution in [2.75, 3.05) is 28.2 Å². The zero-order valence-corrected chi connectivity index (χ0v) is 8.57. The van der Waals surface area contributed by atoms with Gasteiger partial charge in [0, 0.05) is 19.5 Å². The van der Waals surface area contributed by atoms with Gasteiger partial charge in [0.1, 0.15) is 0 Å². The maximum atomic E-state index is 2.12. The van der Waals surface area contributed by atoms with E-state index in [2.05, 4.69) is 28.2 Å². The average Bonchev–Trinajstić information content (AvgIpc) is 0.722. The largest absolute Gasteiger partial charge is 0.870 e. The molecule has 0 aromatic carbocycles. The van der Waals surface area contributed by atoms with Gasteiger partial charge in [-0.05, 0) is 0 Å². The smallest absolute Gasteiger partial charge is 0.0675 e. The van der Waals surface area contributed by atoms with Gasteiger partial charge in [-0.3, -0.25) is 0 Å². The van der Waals surface area contributed by atoms with Crippen LogP contribution in [-0.4, -0.2) is 38.1 Å². The van der Waals surface area contributed by atoms with Crippen molar-refractivity contribution >= 4 is 0 Å². The summed E-state index contributed by atoms with van der Waals surface area (Å²) < 4.78 is 1.00. The molecule has 0 radical (unpaired) electrons. The van der Waals surface area contributed by atoms with Gasteiger partial charge in [-0.25, -0.2) is 0 Å². The molecule has 0 rings (SSSR count). The number of rotatable bonds is 0. The molecule has 0 heterocycles. The molecule has 7 heavy (non-hydrogen) atoms. The molecule has 0 atom stereocenters. The molecule has 0 aliphatic rings. The Bertz CT molecular complexity index is 27.2. The summed E-state index contributed by atoms with van der Waals surface area (Å²) in [5.41, 5.74) is 0. The van der Waals surface area contributed by atoms with E-state index in [4.69, 9.17) is 0 Å². The van der Waals surface area contributed by atoms with E-state index in [0.29, 0.717) is 0 Å². The fraction of sp³-hybridized carbons (Fsp3) is 1.00. The van der Waals surface area contributed by atoms with Crippen LogP contribution in [0.2, 0.25) is 0 Å². The molecule has 42 valence electrons. The minimum atomic E-state index is 0. The Morgan fingerprint density at radius 2 is 0.857 bits per heavy atom. The molecule has 0 aromatic heterocycles. The molecule has 0 amide bonds. The van der Waals surface area contributed by atoms with Crippen molar-refractivity contribution < 1.29 is 29.4 Å². The molecule has 0 fully saturated rings. The summed E-state index contributed by atoms with van der Waals surface area (Å²) >= 11 is 0. The van der Waals surface area contributed by atoms with Gasteiger partial charge in [0.2, 0.25) is 0 Å². The summed E-state index contributed by atoms with van der Waals surface area (Å²) in [7, 11) is 8.50. The Morgan fingerprint density at radius 1 is 0.857 bits per heavy atom. The van der Waals surface area contributed by atoms with Gasteiger partial charge in [-0.15, -0.1) is 0 Å². The van der Waals surface area contributed by atoms with Crippen LogP contribution in [0.25, 0.3) is 0 Å². The fourth-order valence-corrected chi connectivity index (χ4v) is 0. The van der Waals surface area contributed by atoms with Crippen molar-refractivity contribution in [1.82, 2.24) is 0 Å². The van der Waals surface area contributed by atoms with Gasteiger partial charge in [-0.1, -0.05) is 0 Å². The van der Waals surface area contributed by atoms with E-state index in [0.717, 1.165) is 4.48 Å². The standard InChI is InChI=1S/C4H12N.H2O.Zn/c1-5(2,3)4;;/h1-4H3;1H2;/q+1;;/p-1. The minimum Gasteiger partial charge on any atom is -0.870 e. The van der Waals surface area contributed by atoms with Crippen molar-refractivity contribution in [3.63, 3.8) is 0 Å². The number of nitrogens with zero attached hydrogens (tertiary/aromatic N) is 1. The van der Waals surface area contributed by atoms with E-state index in [-0.39, 0.29) is 25.0 Å². The molecule has 0 aliphatic carbocycles. The molecule has 1 N–H and O–H groups in total. The third-order valence-corrected chi connectivity index (χ3v) is 0. The minimum absolute atomic E-state index is 0. The predicted molar refractivity (Wildman–Crippen MR) is 25.9 cm³/mol. The van der Waals surface area contributed by atoms with E-state index in [1.165, 1.54) is 0 Å². The normalized spacial score (nSPS) is 8.57. The third kappa shape index (κ3) is 457. The third-order valence-electron chi connectivity index (χ3n) is 0. The van der Waals surface area contributed by atoms with Gasteiger partial charge < -0.3 is 9.96 Å². The molecule has 0 spiro atoms. The molecule has 0 aromatic rings. The monoisotopic (exact) mass is 155 g/mol. The van der Waals surface area contributed by atoms with Crippen molar-refractivity contribution in [1.29, 1.82) is 0 Å². The zero-order valence-electron chi connectivity index (χ0n) is 5.60. The Labute approximate surface area is 58.2 Å². The van der Waals surface area contributed by atoms with Crippen molar-refractivity contribution in [2.45, 2.75) is 0 Å².